The van der Waals surface area contributed by atoms with Gasteiger partial charge < -0.3 is 9.15 Å². The van der Waals surface area contributed by atoms with Crippen LogP contribution in [0, 0.1) is 0 Å². The third kappa shape index (κ3) is 5.27. The Balaban J connectivity index is 1.75. The van der Waals surface area contributed by atoms with Crippen LogP contribution in [0.4, 0.5) is 0 Å². The molecule has 2 aromatic carbocycles. The number of halogens is 2. The molecule has 0 aliphatic heterocycles. The highest BCUT2D eigenvalue weighted by Crippen LogP contribution is 2.25. The van der Waals surface area contributed by atoms with E-state index in [1.54, 1.807) is 38.1 Å². The van der Waals surface area contributed by atoms with E-state index in [0.717, 1.165) is 5.56 Å². The van der Waals surface area contributed by atoms with Crippen LogP contribution in [0.2, 0.25) is 10.0 Å². The van der Waals surface area contributed by atoms with Crippen molar-refractivity contribution < 1.29 is 22.4 Å². The highest BCUT2D eigenvalue weighted by molar-refractivity contribution is 7.89. The summed E-state index contributed by atoms with van der Waals surface area (Å²) in [6.45, 7) is 3.85. The van der Waals surface area contributed by atoms with Gasteiger partial charge in [-0.2, -0.15) is 4.31 Å². The summed E-state index contributed by atoms with van der Waals surface area (Å²) < 4.78 is 37.6. The van der Waals surface area contributed by atoms with Crippen molar-refractivity contribution in [2.24, 2.45) is 0 Å². The molecule has 31 heavy (non-hydrogen) atoms. The number of benzene rings is 2. The van der Waals surface area contributed by atoms with Crippen molar-refractivity contribution in [3.63, 3.8) is 0 Å². The van der Waals surface area contributed by atoms with Crippen LogP contribution in [0.15, 0.2) is 58.0 Å². The van der Waals surface area contributed by atoms with Gasteiger partial charge in [0.05, 0.1) is 21.7 Å². The Hall–Kier alpha value is -2.39. The van der Waals surface area contributed by atoms with E-state index in [1.807, 2.05) is 0 Å². The lowest BCUT2D eigenvalue weighted by molar-refractivity contribution is 0.0439. The van der Waals surface area contributed by atoms with Crippen molar-refractivity contribution in [1.29, 1.82) is 0 Å². The highest BCUT2D eigenvalue weighted by Gasteiger charge is 2.24. The summed E-state index contributed by atoms with van der Waals surface area (Å²) in [6.07, 6.45) is 1.51. The number of carbonyl (C=O) groups is 1. The number of ether oxygens (including phenoxy) is 1. The maximum Gasteiger partial charge on any atom is 0.340 e. The molecule has 0 bridgehead atoms. The molecular weight excluding hydrogens is 463 g/mol. The van der Waals surface area contributed by atoms with Gasteiger partial charge in [-0.1, -0.05) is 37.0 Å². The van der Waals surface area contributed by atoms with Crippen molar-refractivity contribution in [2.75, 3.05) is 13.1 Å². The zero-order valence-electron chi connectivity index (χ0n) is 16.8. The van der Waals surface area contributed by atoms with Gasteiger partial charge in [0, 0.05) is 23.7 Å². The van der Waals surface area contributed by atoms with Gasteiger partial charge in [0.25, 0.3) is 0 Å². The number of rotatable bonds is 8. The monoisotopic (exact) mass is 482 g/mol. The topological polar surface area (TPSA) is 89.7 Å². The van der Waals surface area contributed by atoms with Crippen LogP contribution in [0.5, 0.6) is 0 Å². The smallest absolute Gasteiger partial charge is 0.340 e. The molecule has 7 nitrogen and oxygen atoms in total. The second kappa shape index (κ2) is 9.82. The molecule has 164 valence electrons. The predicted molar refractivity (Wildman–Crippen MR) is 118 cm³/mol. The normalized spacial score (nSPS) is 11.6. The van der Waals surface area contributed by atoms with Crippen LogP contribution in [0.1, 0.15) is 30.1 Å². The van der Waals surface area contributed by atoms with Crippen molar-refractivity contribution in [1.82, 2.24) is 9.29 Å². The van der Waals surface area contributed by atoms with Crippen LogP contribution >= 0.6 is 23.2 Å². The van der Waals surface area contributed by atoms with Crippen LogP contribution in [-0.4, -0.2) is 36.8 Å². The number of aromatic nitrogens is 1. The Kier molecular flexibility index (Phi) is 7.38. The molecule has 0 radical (unpaired) electrons. The molecule has 1 aromatic heterocycles. The Morgan fingerprint density at radius 1 is 1.10 bits per heavy atom. The molecule has 0 saturated carbocycles. The third-order valence-electron chi connectivity index (χ3n) is 4.51. The van der Waals surface area contributed by atoms with Gasteiger partial charge in [0.1, 0.15) is 0 Å². The van der Waals surface area contributed by atoms with E-state index in [1.165, 1.54) is 28.7 Å². The molecule has 1 heterocycles. The number of hydrogen-bond acceptors (Lipinski definition) is 6. The lowest BCUT2D eigenvalue weighted by Crippen LogP contribution is -2.30. The highest BCUT2D eigenvalue weighted by atomic mass is 35.5. The third-order valence-corrected chi connectivity index (χ3v) is 7.14. The zero-order valence-corrected chi connectivity index (χ0v) is 19.2. The molecule has 0 saturated heterocycles. The maximum absolute atomic E-state index is 12.7. The van der Waals surface area contributed by atoms with Gasteiger partial charge in [-0.3, -0.25) is 0 Å². The van der Waals surface area contributed by atoms with E-state index in [9.17, 15) is 13.2 Å². The zero-order chi connectivity index (χ0) is 22.6. The van der Waals surface area contributed by atoms with E-state index in [2.05, 4.69) is 4.98 Å². The first-order chi connectivity index (χ1) is 14.8. The van der Waals surface area contributed by atoms with E-state index >= 15 is 0 Å². The van der Waals surface area contributed by atoms with Gasteiger partial charge >= 0.3 is 5.97 Å². The van der Waals surface area contributed by atoms with Crippen LogP contribution in [-0.2, 0) is 21.4 Å². The molecular formula is C21H20Cl2N2O5S. The summed E-state index contributed by atoms with van der Waals surface area (Å²) in [5, 5.41) is 0.678. The summed E-state index contributed by atoms with van der Waals surface area (Å²) in [5.41, 5.74) is 0.714. The van der Waals surface area contributed by atoms with Gasteiger partial charge in [0.2, 0.25) is 15.9 Å². The summed E-state index contributed by atoms with van der Waals surface area (Å²) in [6, 6.07) is 10.9. The van der Waals surface area contributed by atoms with Crippen LogP contribution in [0.3, 0.4) is 0 Å². The number of oxazole rings is 1. The van der Waals surface area contributed by atoms with Gasteiger partial charge in [0.15, 0.2) is 12.4 Å². The number of carbonyl (C=O) groups excluding carboxylic acids is 1. The first-order valence-corrected chi connectivity index (χ1v) is 11.6. The second-order valence-electron chi connectivity index (χ2n) is 6.43. The summed E-state index contributed by atoms with van der Waals surface area (Å²) in [5.74, 6) is -0.109. The molecule has 0 fully saturated rings. The summed E-state index contributed by atoms with van der Waals surface area (Å²) in [7, 11) is -3.74. The summed E-state index contributed by atoms with van der Waals surface area (Å²) >= 11 is 12.0. The Bertz CT molecular complexity index is 1170. The van der Waals surface area contributed by atoms with Crippen molar-refractivity contribution >= 4 is 39.2 Å². The minimum atomic E-state index is -3.74. The number of hydrogen-bond donors (Lipinski definition) is 0. The minimum absolute atomic E-state index is 0.0336. The molecule has 0 aliphatic carbocycles. The fraction of sp³-hybridized carbons (Fsp3) is 0.238. The molecule has 3 aromatic rings. The van der Waals surface area contributed by atoms with Gasteiger partial charge in [-0.25, -0.2) is 18.2 Å². The largest absolute Gasteiger partial charge is 0.452 e. The molecule has 3 rings (SSSR count). The molecule has 0 atom stereocenters. The minimum Gasteiger partial charge on any atom is -0.452 e. The van der Waals surface area contributed by atoms with Crippen LogP contribution in [0.25, 0.3) is 11.3 Å². The molecule has 0 spiro atoms. The molecule has 0 aliphatic rings. The van der Waals surface area contributed by atoms with Gasteiger partial charge in [-0.05, 0) is 42.5 Å². The SMILES string of the molecule is CCN(CC)S(=O)(=O)c1ccc(Cl)c(C(=O)OCc2ncc(-c3ccc(Cl)cc3)o2)c1. The number of esters is 1. The molecule has 0 unspecified atom stereocenters. The molecule has 0 amide bonds. The Labute approximate surface area is 190 Å². The van der Waals surface area contributed by atoms with Crippen molar-refractivity contribution in [3.8, 4) is 11.3 Å². The van der Waals surface area contributed by atoms with Crippen LogP contribution < -0.4 is 0 Å². The first-order valence-electron chi connectivity index (χ1n) is 9.43. The molecule has 0 N–H and O–H groups in total. The van der Waals surface area contributed by atoms with Crippen molar-refractivity contribution in [2.45, 2.75) is 25.3 Å². The molecule has 10 heteroatoms. The second-order valence-corrected chi connectivity index (χ2v) is 9.21. The van der Waals surface area contributed by atoms with E-state index in [-0.39, 0.29) is 28.0 Å². The lowest BCUT2D eigenvalue weighted by Gasteiger charge is -2.19. The van der Waals surface area contributed by atoms with Crippen molar-refractivity contribution in [3.05, 3.63) is 70.2 Å². The van der Waals surface area contributed by atoms with E-state index < -0.39 is 16.0 Å². The van der Waals surface area contributed by atoms with E-state index in [4.69, 9.17) is 32.4 Å². The number of nitrogens with zero attached hydrogens (tertiary/aromatic N) is 2. The fourth-order valence-electron chi connectivity index (χ4n) is 2.86. The average molecular weight is 483 g/mol. The predicted octanol–water partition coefficient (Wildman–Crippen LogP) is 5.04. The summed E-state index contributed by atoms with van der Waals surface area (Å²) in [4.78, 5) is 16.6. The Morgan fingerprint density at radius 2 is 1.77 bits per heavy atom. The quantitative estimate of drug-likeness (QED) is 0.418. The number of sulfonamides is 1. The average Bonchev–Trinajstić information content (AvgIpc) is 3.22. The fourth-order valence-corrected chi connectivity index (χ4v) is 4.67. The first kappa shape index (κ1) is 23.3. The van der Waals surface area contributed by atoms with Gasteiger partial charge in [-0.15, -0.1) is 0 Å². The van der Waals surface area contributed by atoms with E-state index in [0.29, 0.717) is 23.9 Å². The lowest BCUT2D eigenvalue weighted by atomic mass is 10.2. The Morgan fingerprint density at radius 3 is 2.42 bits per heavy atom. The standard InChI is InChI=1S/C21H20Cl2N2O5S/c1-3-25(4-2)31(27,28)16-9-10-18(23)17(11-16)21(26)29-13-20-24-12-19(30-20)14-5-7-15(22)8-6-14/h5-12H,3-4,13H2,1-2H3. The maximum atomic E-state index is 12.7.